The molecule has 0 saturated heterocycles. The third kappa shape index (κ3) is 3.70. The number of carbonyl (C=O) groups excluding carboxylic acids is 1. The molecule has 154 valence electrons. The van der Waals surface area contributed by atoms with Crippen LogP contribution in [0, 0.1) is 0 Å². The van der Waals surface area contributed by atoms with Gasteiger partial charge < -0.3 is 0 Å². The maximum absolute atomic E-state index is 14.0. The third-order valence-corrected chi connectivity index (χ3v) is 5.29. The van der Waals surface area contributed by atoms with Crippen molar-refractivity contribution in [3.05, 3.63) is 128 Å². The van der Waals surface area contributed by atoms with E-state index in [1.165, 1.54) is 0 Å². The Morgan fingerprint density at radius 1 is 0.594 bits per heavy atom. The molecule has 0 spiro atoms. The van der Waals surface area contributed by atoms with Gasteiger partial charge in [-0.05, 0) is 24.3 Å². The summed E-state index contributed by atoms with van der Waals surface area (Å²) in [6, 6.07) is 39.0. The van der Waals surface area contributed by atoms with Crippen molar-refractivity contribution in [2.45, 2.75) is 0 Å². The van der Waals surface area contributed by atoms with Gasteiger partial charge in [0.25, 0.3) is 0 Å². The molecule has 5 rings (SSSR count). The van der Waals surface area contributed by atoms with E-state index in [9.17, 15) is 4.79 Å². The Morgan fingerprint density at radius 3 is 1.53 bits per heavy atom. The fourth-order valence-electron chi connectivity index (χ4n) is 3.80. The lowest BCUT2D eigenvalue weighted by Crippen LogP contribution is -2.30. The number of rotatable bonds is 4. The van der Waals surface area contributed by atoms with E-state index in [2.05, 4.69) is 4.98 Å². The summed E-state index contributed by atoms with van der Waals surface area (Å²) in [5, 5.41) is 0. The predicted molar refractivity (Wildman–Crippen MR) is 129 cm³/mol. The van der Waals surface area contributed by atoms with Crippen LogP contribution in [-0.4, -0.2) is 15.6 Å². The first-order valence-corrected chi connectivity index (χ1v) is 10.5. The molecule has 0 fully saturated rings. The summed E-state index contributed by atoms with van der Waals surface area (Å²) >= 11 is 0. The van der Waals surface area contributed by atoms with Crippen molar-refractivity contribution >= 4 is 17.4 Å². The van der Waals surface area contributed by atoms with E-state index < -0.39 is 0 Å². The van der Waals surface area contributed by atoms with Gasteiger partial charge in [-0.15, -0.1) is 0 Å². The first-order valence-electron chi connectivity index (χ1n) is 10.5. The highest BCUT2D eigenvalue weighted by molar-refractivity contribution is 6.03. The topological polar surface area (TPSA) is 38.1 Å². The number of para-hydroxylation sites is 2. The molecule has 0 aliphatic heterocycles. The van der Waals surface area contributed by atoms with Crippen molar-refractivity contribution in [1.29, 1.82) is 0 Å². The molecule has 4 heteroatoms. The van der Waals surface area contributed by atoms with Crippen molar-refractivity contribution < 1.29 is 4.79 Å². The standard InChI is InChI=1S/C28H21N3O/c32-28(31(24-17-9-3-10-18-24)25-19-11-4-12-20-25)30-21-29-26(22-13-5-1-6-14-22)27(30)23-15-7-2-8-16-23/h1-21H. The van der Waals surface area contributed by atoms with Gasteiger partial charge >= 0.3 is 6.03 Å². The Labute approximate surface area is 187 Å². The number of anilines is 2. The van der Waals surface area contributed by atoms with E-state index in [0.717, 1.165) is 33.9 Å². The fourth-order valence-corrected chi connectivity index (χ4v) is 3.80. The first-order chi connectivity index (χ1) is 15.8. The number of benzene rings is 4. The van der Waals surface area contributed by atoms with E-state index in [4.69, 9.17) is 0 Å². The Hall–Kier alpha value is -4.44. The maximum atomic E-state index is 14.0. The zero-order chi connectivity index (χ0) is 21.8. The SMILES string of the molecule is O=C(N(c1ccccc1)c1ccccc1)n1cnc(-c2ccccc2)c1-c1ccccc1. The second-order valence-corrected chi connectivity index (χ2v) is 7.33. The van der Waals surface area contributed by atoms with Crippen LogP contribution < -0.4 is 4.90 Å². The molecule has 0 aliphatic carbocycles. The summed E-state index contributed by atoms with van der Waals surface area (Å²) in [5.74, 6) is 0. The van der Waals surface area contributed by atoms with Crippen LogP contribution in [0.3, 0.4) is 0 Å². The first kappa shape index (κ1) is 19.5. The molecule has 1 aromatic heterocycles. The highest BCUT2D eigenvalue weighted by Crippen LogP contribution is 2.33. The number of amides is 1. The molecule has 0 atom stereocenters. The zero-order valence-electron chi connectivity index (χ0n) is 17.4. The highest BCUT2D eigenvalue weighted by atomic mass is 16.2. The van der Waals surface area contributed by atoms with E-state index in [-0.39, 0.29) is 6.03 Å². The van der Waals surface area contributed by atoms with Gasteiger partial charge in [-0.1, -0.05) is 97.1 Å². The van der Waals surface area contributed by atoms with Crippen LogP contribution in [0.25, 0.3) is 22.5 Å². The second-order valence-electron chi connectivity index (χ2n) is 7.33. The van der Waals surface area contributed by atoms with Crippen LogP contribution >= 0.6 is 0 Å². The predicted octanol–water partition coefficient (Wildman–Crippen LogP) is 7.02. The van der Waals surface area contributed by atoms with Crippen molar-refractivity contribution in [3.8, 4) is 22.5 Å². The third-order valence-electron chi connectivity index (χ3n) is 5.29. The summed E-state index contributed by atoms with van der Waals surface area (Å²) in [6.07, 6.45) is 1.62. The normalized spacial score (nSPS) is 10.6. The highest BCUT2D eigenvalue weighted by Gasteiger charge is 2.25. The largest absolute Gasteiger partial charge is 0.339 e. The average molecular weight is 415 g/mol. The number of nitrogens with zero attached hydrogens (tertiary/aromatic N) is 3. The quantitative estimate of drug-likeness (QED) is 0.316. The van der Waals surface area contributed by atoms with Gasteiger partial charge in [-0.25, -0.2) is 14.3 Å². The van der Waals surface area contributed by atoms with Crippen molar-refractivity contribution in [2.75, 3.05) is 4.90 Å². The van der Waals surface area contributed by atoms with Crippen LogP contribution in [-0.2, 0) is 0 Å². The van der Waals surface area contributed by atoms with Crippen molar-refractivity contribution in [3.63, 3.8) is 0 Å². The molecule has 4 nitrogen and oxygen atoms in total. The maximum Gasteiger partial charge on any atom is 0.339 e. The minimum atomic E-state index is -0.198. The molecular formula is C28H21N3O. The second kappa shape index (κ2) is 8.74. The minimum absolute atomic E-state index is 0.198. The Kier molecular flexibility index (Phi) is 5.33. The molecule has 0 N–H and O–H groups in total. The Bertz CT molecular complexity index is 1280. The van der Waals surface area contributed by atoms with E-state index in [1.807, 2.05) is 121 Å². The molecule has 4 aromatic carbocycles. The summed E-state index contributed by atoms with van der Waals surface area (Å²) in [6.45, 7) is 0. The lowest BCUT2D eigenvalue weighted by Gasteiger charge is -2.24. The van der Waals surface area contributed by atoms with Crippen molar-refractivity contribution in [2.24, 2.45) is 0 Å². The van der Waals surface area contributed by atoms with Gasteiger partial charge in [-0.3, -0.25) is 4.90 Å². The van der Waals surface area contributed by atoms with Gasteiger partial charge in [0.2, 0.25) is 0 Å². The van der Waals surface area contributed by atoms with Gasteiger partial charge in [0.05, 0.1) is 22.8 Å². The van der Waals surface area contributed by atoms with Gasteiger partial charge in [0, 0.05) is 11.1 Å². The van der Waals surface area contributed by atoms with Crippen LogP contribution in [0.2, 0.25) is 0 Å². The summed E-state index contributed by atoms with van der Waals surface area (Å²) in [5.41, 5.74) is 5.00. The van der Waals surface area contributed by atoms with E-state index in [0.29, 0.717) is 0 Å². The molecule has 5 aromatic rings. The number of carbonyl (C=O) groups is 1. The Balaban J connectivity index is 1.70. The fraction of sp³-hybridized carbons (Fsp3) is 0. The average Bonchev–Trinajstić information content (AvgIpc) is 3.32. The molecule has 0 unspecified atom stereocenters. The molecule has 0 radical (unpaired) electrons. The number of aromatic nitrogens is 2. The molecule has 0 saturated carbocycles. The summed E-state index contributed by atoms with van der Waals surface area (Å²) < 4.78 is 1.64. The minimum Gasteiger partial charge on any atom is -0.262 e. The van der Waals surface area contributed by atoms with Crippen molar-refractivity contribution in [1.82, 2.24) is 9.55 Å². The lowest BCUT2D eigenvalue weighted by atomic mass is 10.0. The molecule has 0 aliphatic rings. The number of hydrogen-bond acceptors (Lipinski definition) is 2. The van der Waals surface area contributed by atoms with E-state index >= 15 is 0 Å². The molecule has 1 heterocycles. The summed E-state index contributed by atoms with van der Waals surface area (Å²) in [4.78, 5) is 20.4. The molecule has 1 amide bonds. The molecule has 0 bridgehead atoms. The monoisotopic (exact) mass is 415 g/mol. The van der Waals surface area contributed by atoms with Gasteiger partial charge in [0.15, 0.2) is 0 Å². The van der Waals surface area contributed by atoms with Crippen LogP contribution in [0.5, 0.6) is 0 Å². The summed E-state index contributed by atoms with van der Waals surface area (Å²) in [7, 11) is 0. The number of imidazole rings is 1. The van der Waals surface area contributed by atoms with Crippen LogP contribution in [0.15, 0.2) is 128 Å². The van der Waals surface area contributed by atoms with E-state index in [1.54, 1.807) is 15.8 Å². The Morgan fingerprint density at radius 2 is 1.03 bits per heavy atom. The molecule has 32 heavy (non-hydrogen) atoms. The van der Waals surface area contributed by atoms with Gasteiger partial charge in [-0.2, -0.15) is 0 Å². The van der Waals surface area contributed by atoms with Crippen LogP contribution in [0.4, 0.5) is 16.2 Å². The lowest BCUT2D eigenvalue weighted by molar-refractivity contribution is 0.250. The van der Waals surface area contributed by atoms with Crippen LogP contribution in [0.1, 0.15) is 0 Å². The molecular weight excluding hydrogens is 394 g/mol. The van der Waals surface area contributed by atoms with Gasteiger partial charge in [0.1, 0.15) is 6.33 Å². The zero-order valence-corrected chi connectivity index (χ0v) is 17.4. The smallest absolute Gasteiger partial charge is 0.262 e. The number of hydrogen-bond donors (Lipinski definition) is 0.